The molecule has 0 unspecified atom stereocenters. The van der Waals surface area contributed by atoms with Crippen LogP contribution in [-0.4, -0.2) is 32.8 Å². The summed E-state index contributed by atoms with van der Waals surface area (Å²) in [6.07, 6.45) is -0.111. The van der Waals surface area contributed by atoms with Gasteiger partial charge in [-0.05, 0) is 0 Å². The highest BCUT2D eigenvalue weighted by Gasteiger charge is 1.97. The summed E-state index contributed by atoms with van der Waals surface area (Å²) in [7, 11) is 2.81. The van der Waals surface area contributed by atoms with Gasteiger partial charge < -0.3 is 20.9 Å². The average Bonchev–Trinajstić information content (AvgIpc) is 2.10. The molecule has 4 N–H and O–H groups in total. The SMILES string of the molecule is C=C.COC(C=O)OC.NC(N)=O. The van der Waals surface area contributed by atoms with Gasteiger partial charge in [0.2, 0.25) is 6.29 Å². The number of primary amides is 2. The molecule has 6 nitrogen and oxygen atoms in total. The predicted octanol–water partition coefficient (Wildman–Crippen LogP) is -0.370. The molecule has 0 fully saturated rings. The van der Waals surface area contributed by atoms with Gasteiger partial charge in [-0.25, -0.2) is 4.79 Å². The second-order valence-electron chi connectivity index (χ2n) is 1.38. The lowest BCUT2D eigenvalue weighted by Gasteiger charge is -2.01. The van der Waals surface area contributed by atoms with Gasteiger partial charge in [0, 0.05) is 14.2 Å². The van der Waals surface area contributed by atoms with Crippen LogP contribution in [-0.2, 0) is 14.3 Å². The number of hydrogen-bond donors (Lipinski definition) is 2. The Morgan fingerprint density at radius 2 is 1.54 bits per heavy atom. The van der Waals surface area contributed by atoms with Crippen molar-refractivity contribution in [3.8, 4) is 0 Å². The van der Waals surface area contributed by atoms with Crippen molar-refractivity contribution in [2.24, 2.45) is 11.5 Å². The fraction of sp³-hybridized carbons (Fsp3) is 0.429. The molecule has 2 amide bonds. The summed E-state index contributed by atoms with van der Waals surface area (Å²) in [4.78, 5) is 18.7. The van der Waals surface area contributed by atoms with E-state index in [0.29, 0.717) is 6.29 Å². The van der Waals surface area contributed by atoms with Gasteiger partial charge in [-0.1, -0.05) is 0 Å². The summed E-state index contributed by atoms with van der Waals surface area (Å²) in [6.45, 7) is 6.00. The summed E-state index contributed by atoms with van der Waals surface area (Å²) < 4.78 is 8.92. The minimum absolute atomic E-state index is 0.583. The first kappa shape index (κ1) is 17.6. The number of nitrogens with two attached hydrogens (primary N) is 2. The highest BCUT2D eigenvalue weighted by atomic mass is 16.7. The lowest BCUT2D eigenvalue weighted by atomic mass is 10.7. The Morgan fingerprint density at radius 1 is 1.31 bits per heavy atom. The van der Waals surface area contributed by atoms with E-state index in [4.69, 9.17) is 4.79 Å². The Labute approximate surface area is 77.5 Å². The molecule has 0 spiro atoms. The molecule has 0 aliphatic rings. The highest BCUT2D eigenvalue weighted by Crippen LogP contribution is 1.80. The lowest BCUT2D eigenvalue weighted by Crippen LogP contribution is -2.18. The van der Waals surface area contributed by atoms with Crippen molar-refractivity contribution in [3.05, 3.63) is 13.2 Å². The van der Waals surface area contributed by atoms with E-state index in [2.05, 4.69) is 34.1 Å². The maximum absolute atomic E-state index is 9.72. The van der Waals surface area contributed by atoms with E-state index in [1.54, 1.807) is 0 Å². The number of rotatable bonds is 3. The van der Waals surface area contributed by atoms with Crippen LogP contribution in [0.25, 0.3) is 0 Å². The molecule has 0 radical (unpaired) electrons. The first-order valence-corrected chi connectivity index (χ1v) is 3.14. The van der Waals surface area contributed by atoms with Crippen LogP contribution >= 0.6 is 0 Å². The molecular weight excluding hydrogens is 176 g/mol. The minimum atomic E-state index is -0.833. The number of carbonyl (C=O) groups excluding carboxylic acids is 2. The monoisotopic (exact) mass is 192 g/mol. The van der Waals surface area contributed by atoms with Crippen molar-refractivity contribution in [1.82, 2.24) is 0 Å². The molecule has 0 bridgehead atoms. The van der Waals surface area contributed by atoms with Crippen molar-refractivity contribution < 1.29 is 19.1 Å². The normalized spacial score (nSPS) is 7.31. The third-order valence-corrected chi connectivity index (χ3v) is 0.576. The van der Waals surface area contributed by atoms with Gasteiger partial charge in [-0.2, -0.15) is 0 Å². The molecular formula is C7H16N2O4. The van der Waals surface area contributed by atoms with Crippen molar-refractivity contribution in [2.45, 2.75) is 6.29 Å². The smallest absolute Gasteiger partial charge is 0.309 e. The standard InChI is InChI=1S/C4H8O3.C2H4.CH4N2O/c1-6-4(3-5)7-2;1-2;2-1(3)4/h3-4H,1-2H3;1-2H2;(H4,2,3,4). The van der Waals surface area contributed by atoms with Crippen LogP contribution in [0.5, 0.6) is 0 Å². The first-order valence-electron chi connectivity index (χ1n) is 3.14. The Hall–Kier alpha value is -1.40. The molecule has 13 heavy (non-hydrogen) atoms. The van der Waals surface area contributed by atoms with Crippen molar-refractivity contribution in [2.75, 3.05) is 14.2 Å². The highest BCUT2D eigenvalue weighted by molar-refractivity contribution is 5.69. The number of hydrogen-bond acceptors (Lipinski definition) is 4. The van der Waals surface area contributed by atoms with E-state index in [1.165, 1.54) is 14.2 Å². The Balaban J connectivity index is -0.000000142. The fourth-order valence-corrected chi connectivity index (χ4v) is 0.207. The van der Waals surface area contributed by atoms with E-state index in [1.807, 2.05) is 0 Å². The summed E-state index contributed by atoms with van der Waals surface area (Å²) in [5.74, 6) is 0. The topological polar surface area (TPSA) is 105 Å². The molecule has 0 rings (SSSR count). The van der Waals surface area contributed by atoms with Crippen molar-refractivity contribution in [1.29, 1.82) is 0 Å². The molecule has 0 saturated carbocycles. The maximum Gasteiger partial charge on any atom is 0.309 e. The summed E-state index contributed by atoms with van der Waals surface area (Å²) in [6, 6.07) is -0.833. The molecule has 0 aliphatic heterocycles. The van der Waals surface area contributed by atoms with Crippen molar-refractivity contribution >= 4 is 12.3 Å². The van der Waals surface area contributed by atoms with Gasteiger partial charge in [0.15, 0.2) is 6.29 Å². The van der Waals surface area contributed by atoms with Crippen molar-refractivity contribution in [3.63, 3.8) is 0 Å². The quantitative estimate of drug-likeness (QED) is 0.361. The number of carbonyl (C=O) groups is 2. The van der Waals surface area contributed by atoms with E-state index in [9.17, 15) is 4.79 Å². The predicted molar refractivity (Wildman–Crippen MR) is 48.9 cm³/mol. The van der Waals surface area contributed by atoms with Crippen LogP contribution in [0.3, 0.4) is 0 Å². The zero-order valence-electron chi connectivity index (χ0n) is 7.86. The Kier molecular flexibility index (Phi) is 22.9. The number of aldehydes is 1. The van der Waals surface area contributed by atoms with Crippen LogP contribution in [0.2, 0.25) is 0 Å². The zero-order valence-corrected chi connectivity index (χ0v) is 7.86. The fourth-order valence-electron chi connectivity index (χ4n) is 0.207. The third kappa shape index (κ3) is 37.0. The van der Waals surface area contributed by atoms with E-state index >= 15 is 0 Å². The molecule has 0 aromatic rings. The summed E-state index contributed by atoms with van der Waals surface area (Å²) in [5, 5.41) is 0. The molecule has 0 atom stereocenters. The minimum Gasteiger partial charge on any atom is -0.352 e. The van der Waals surface area contributed by atoms with E-state index < -0.39 is 12.3 Å². The largest absolute Gasteiger partial charge is 0.352 e. The molecule has 0 saturated heterocycles. The van der Waals surface area contributed by atoms with Gasteiger partial charge in [0.25, 0.3) is 0 Å². The maximum atomic E-state index is 9.72. The molecule has 0 aromatic heterocycles. The molecule has 0 aliphatic carbocycles. The third-order valence-electron chi connectivity index (χ3n) is 0.576. The zero-order chi connectivity index (χ0) is 11.3. The van der Waals surface area contributed by atoms with Gasteiger partial charge in [0.05, 0.1) is 0 Å². The summed E-state index contributed by atoms with van der Waals surface area (Å²) in [5.41, 5.74) is 8.50. The Morgan fingerprint density at radius 3 is 1.54 bits per heavy atom. The van der Waals surface area contributed by atoms with E-state index in [0.717, 1.165) is 0 Å². The number of amides is 2. The second-order valence-corrected chi connectivity index (χ2v) is 1.38. The van der Waals surface area contributed by atoms with Crippen LogP contribution in [0, 0.1) is 0 Å². The van der Waals surface area contributed by atoms with Crippen LogP contribution in [0.15, 0.2) is 13.2 Å². The number of ether oxygens (including phenoxy) is 2. The van der Waals surface area contributed by atoms with Gasteiger partial charge in [0.1, 0.15) is 0 Å². The number of methoxy groups -OCH3 is 2. The second kappa shape index (κ2) is 16.9. The molecule has 0 heterocycles. The van der Waals surface area contributed by atoms with E-state index in [-0.39, 0.29) is 0 Å². The van der Waals surface area contributed by atoms with Gasteiger partial charge >= 0.3 is 6.03 Å². The number of urea groups is 1. The molecule has 0 aromatic carbocycles. The van der Waals surface area contributed by atoms with Gasteiger partial charge in [-0.3, -0.25) is 4.79 Å². The Bertz CT molecular complexity index is 122. The first-order chi connectivity index (χ1) is 6.08. The molecule has 6 heteroatoms. The molecule has 78 valence electrons. The van der Waals surface area contributed by atoms with Gasteiger partial charge in [-0.15, -0.1) is 13.2 Å². The average molecular weight is 192 g/mol. The van der Waals surface area contributed by atoms with Crippen LogP contribution < -0.4 is 11.5 Å². The lowest BCUT2D eigenvalue weighted by molar-refractivity contribution is -0.143. The van der Waals surface area contributed by atoms with Crippen LogP contribution in [0.4, 0.5) is 4.79 Å². The summed E-state index contributed by atoms with van der Waals surface area (Å²) >= 11 is 0. The van der Waals surface area contributed by atoms with Crippen LogP contribution in [0.1, 0.15) is 0 Å².